The third-order valence-corrected chi connectivity index (χ3v) is 3.82. The number of hydrogen-bond acceptors (Lipinski definition) is 2. The Labute approximate surface area is 129 Å². The van der Waals surface area contributed by atoms with Crippen LogP contribution in [0.2, 0.25) is 5.02 Å². The zero-order chi connectivity index (χ0) is 15.5. The van der Waals surface area contributed by atoms with Gasteiger partial charge in [-0.05, 0) is 44.4 Å². The predicted octanol–water partition coefficient (Wildman–Crippen LogP) is 3.95. The number of ether oxygens (including phenoxy) is 1. The minimum Gasteiger partial charge on any atom is -0.465 e. The van der Waals surface area contributed by atoms with Crippen molar-refractivity contribution in [2.24, 2.45) is 0 Å². The second-order valence-corrected chi connectivity index (χ2v) is 6.28. The first-order valence-electron chi connectivity index (χ1n) is 6.97. The van der Waals surface area contributed by atoms with Gasteiger partial charge in [0.1, 0.15) is 0 Å². The zero-order valence-electron chi connectivity index (χ0n) is 12.2. The minimum atomic E-state index is -1.02. The molecule has 1 aromatic carbocycles. The normalized spacial score (nSPS) is 24.9. The number of benzene rings is 1. The van der Waals surface area contributed by atoms with Crippen LogP contribution in [-0.4, -0.2) is 28.9 Å². The Hall–Kier alpha value is -1.52. The lowest BCUT2D eigenvalue weighted by molar-refractivity contribution is -0.0991. The van der Waals surface area contributed by atoms with Crippen LogP contribution in [0.15, 0.2) is 30.3 Å². The topological polar surface area (TPSA) is 58.6 Å². The van der Waals surface area contributed by atoms with E-state index in [0.29, 0.717) is 5.02 Å². The monoisotopic (exact) mass is 309 g/mol. The van der Waals surface area contributed by atoms with E-state index >= 15 is 0 Å². The standard InChI is InChI=1S/C16H20ClNO3/c1-16(2)10-9-13(18-15(19)20)14(21-16)8-5-11-3-6-12(17)7-4-11/h3-8,13-14,18H,9-10H2,1-2H3,(H,19,20)/b8-5+/t13?,14-/m1/s1. The Bertz CT molecular complexity index is 525. The number of amides is 1. The molecule has 1 aromatic rings. The van der Waals surface area contributed by atoms with E-state index in [2.05, 4.69) is 5.32 Å². The molecule has 1 amide bonds. The molecule has 0 spiro atoms. The highest BCUT2D eigenvalue weighted by Gasteiger charge is 2.35. The Morgan fingerprint density at radius 1 is 1.43 bits per heavy atom. The molecule has 5 heteroatoms. The van der Waals surface area contributed by atoms with Crippen LogP contribution in [0.4, 0.5) is 4.79 Å². The van der Waals surface area contributed by atoms with Crippen LogP contribution < -0.4 is 5.32 Å². The number of hydrogen-bond donors (Lipinski definition) is 2. The molecule has 0 saturated carbocycles. The predicted molar refractivity (Wildman–Crippen MR) is 83.6 cm³/mol. The molecule has 0 aromatic heterocycles. The molecule has 1 heterocycles. The first-order chi connectivity index (χ1) is 9.85. The summed E-state index contributed by atoms with van der Waals surface area (Å²) in [7, 11) is 0. The lowest BCUT2D eigenvalue weighted by atomic mass is 9.91. The molecule has 0 bridgehead atoms. The van der Waals surface area contributed by atoms with E-state index in [0.717, 1.165) is 18.4 Å². The fourth-order valence-electron chi connectivity index (χ4n) is 2.44. The van der Waals surface area contributed by atoms with Gasteiger partial charge < -0.3 is 15.2 Å². The molecule has 1 fully saturated rings. The lowest BCUT2D eigenvalue weighted by Crippen LogP contribution is -2.51. The molecule has 1 aliphatic rings. The van der Waals surface area contributed by atoms with Crippen LogP contribution in [-0.2, 0) is 4.74 Å². The van der Waals surface area contributed by atoms with Gasteiger partial charge in [0.2, 0.25) is 0 Å². The van der Waals surface area contributed by atoms with E-state index in [4.69, 9.17) is 21.4 Å². The summed E-state index contributed by atoms with van der Waals surface area (Å²) in [6.07, 6.45) is 4.12. The molecule has 0 radical (unpaired) electrons. The second kappa shape index (κ2) is 6.50. The summed E-state index contributed by atoms with van der Waals surface area (Å²) in [5.41, 5.74) is 0.756. The molecule has 1 saturated heterocycles. The SMILES string of the molecule is CC1(C)CCC(NC(=O)O)[C@@H](/C=C/c2ccc(Cl)cc2)O1. The summed E-state index contributed by atoms with van der Waals surface area (Å²) in [6, 6.07) is 7.23. The highest BCUT2D eigenvalue weighted by molar-refractivity contribution is 6.30. The number of halogens is 1. The van der Waals surface area contributed by atoms with Crippen LogP contribution in [0.1, 0.15) is 32.3 Å². The van der Waals surface area contributed by atoms with E-state index in [9.17, 15) is 4.79 Å². The second-order valence-electron chi connectivity index (χ2n) is 5.85. The van der Waals surface area contributed by atoms with Crippen molar-refractivity contribution in [1.29, 1.82) is 0 Å². The van der Waals surface area contributed by atoms with Crippen molar-refractivity contribution in [3.05, 3.63) is 40.9 Å². The highest BCUT2D eigenvalue weighted by Crippen LogP contribution is 2.29. The Morgan fingerprint density at radius 3 is 2.71 bits per heavy atom. The summed E-state index contributed by atoms with van der Waals surface area (Å²) in [6.45, 7) is 4.04. The van der Waals surface area contributed by atoms with E-state index in [1.165, 1.54) is 0 Å². The maximum Gasteiger partial charge on any atom is 0.404 e. The molecule has 2 N–H and O–H groups in total. The number of nitrogens with one attached hydrogen (secondary N) is 1. The van der Waals surface area contributed by atoms with Crippen LogP contribution in [0.3, 0.4) is 0 Å². The average Bonchev–Trinajstić information content (AvgIpc) is 2.40. The van der Waals surface area contributed by atoms with Gasteiger partial charge >= 0.3 is 6.09 Å². The summed E-state index contributed by atoms with van der Waals surface area (Å²) in [5, 5.41) is 12.1. The minimum absolute atomic E-state index is 0.223. The quantitative estimate of drug-likeness (QED) is 0.889. The Balaban J connectivity index is 2.11. The third-order valence-electron chi connectivity index (χ3n) is 3.57. The molecular weight excluding hydrogens is 290 g/mol. The molecule has 0 aliphatic carbocycles. The average molecular weight is 310 g/mol. The van der Waals surface area contributed by atoms with Gasteiger partial charge in [0.05, 0.1) is 17.7 Å². The van der Waals surface area contributed by atoms with Gasteiger partial charge in [0.15, 0.2) is 0 Å². The van der Waals surface area contributed by atoms with Crippen molar-refractivity contribution in [1.82, 2.24) is 5.32 Å². The van der Waals surface area contributed by atoms with Gasteiger partial charge in [-0.2, -0.15) is 0 Å². The van der Waals surface area contributed by atoms with Gasteiger partial charge in [-0.25, -0.2) is 4.79 Å². The number of rotatable bonds is 3. The van der Waals surface area contributed by atoms with Crippen molar-refractivity contribution in [3.63, 3.8) is 0 Å². The van der Waals surface area contributed by atoms with Crippen molar-refractivity contribution in [3.8, 4) is 0 Å². The summed E-state index contributed by atoms with van der Waals surface area (Å²) in [4.78, 5) is 10.9. The van der Waals surface area contributed by atoms with Crippen molar-refractivity contribution in [2.45, 2.75) is 44.4 Å². The van der Waals surface area contributed by atoms with Gasteiger partial charge in [0.25, 0.3) is 0 Å². The molecule has 2 atom stereocenters. The Kier molecular flexibility index (Phi) is 4.91. The fraction of sp³-hybridized carbons (Fsp3) is 0.438. The highest BCUT2D eigenvalue weighted by atomic mass is 35.5. The number of carboxylic acid groups (broad SMARTS) is 1. The van der Waals surface area contributed by atoms with Gasteiger partial charge in [-0.1, -0.05) is 35.9 Å². The van der Waals surface area contributed by atoms with Crippen LogP contribution in [0.5, 0.6) is 0 Å². The molecule has 1 aliphatic heterocycles. The first-order valence-corrected chi connectivity index (χ1v) is 7.35. The van der Waals surface area contributed by atoms with E-state index in [1.54, 1.807) is 0 Å². The first kappa shape index (κ1) is 15.9. The molecule has 21 heavy (non-hydrogen) atoms. The maximum atomic E-state index is 10.9. The molecule has 114 valence electrons. The molecule has 1 unspecified atom stereocenters. The zero-order valence-corrected chi connectivity index (χ0v) is 12.9. The van der Waals surface area contributed by atoms with Crippen LogP contribution in [0.25, 0.3) is 6.08 Å². The van der Waals surface area contributed by atoms with Crippen molar-refractivity contribution >= 4 is 23.8 Å². The lowest BCUT2D eigenvalue weighted by Gasteiger charge is -2.39. The van der Waals surface area contributed by atoms with E-state index < -0.39 is 6.09 Å². The summed E-state index contributed by atoms with van der Waals surface area (Å²) in [5.74, 6) is 0. The summed E-state index contributed by atoms with van der Waals surface area (Å²) >= 11 is 5.85. The van der Waals surface area contributed by atoms with Crippen LogP contribution >= 0.6 is 11.6 Å². The van der Waals surface area contributed by atoms with Crippen molar-refractivity contribution < 1.29 is 14.6 Å². The molecular formula is C16H20ClNO3. The van der Waals surface area contributed by atoms with E-state index in [1.807, 2.05) is 50.3 Å². The molecule has 4 nitrogen and oxygen atoms in total. The van der Waals surface area contributed by atoms with Gasteiger partial charge in [-0.3, -0.25) is 0 Å². The Morgan fingerprint density at radius 2 is 2.10 bits per heavy atom. The van der Waals surface area contributed by atoms with Gasteiger partial charge in [-0.15, -0.1) is 0 Å². The van der Waals surface area contributed by atoms with Crippen LogP contribution in [0, 0.1) is 0 Å². The van der Waals surface area contributed by atoms with E-state index in [-0.39, 0.29) is 17.7 Å². The fourth-order valence-corrected chi connectivity index (χ4v) is 2.57. The number of carbonyl (C=O) groups is 1. The summed E-state index contributed by atoms with van der Waals surface area (Å²) < 4.78 is 5.99. The molecule has 2 rings (SSSR count). The largest absolute Gasteiger partial charge is 0.465 e. The van der Waals surface area contributed by atoms with Gasteiger partial charge in [0, 0.05) is 5.02 Å². The third kappa shape index (κ3) is 4.76. The maximum absolute atomic E-state index is 10.9. The smallest absolute Gasteiger partial charge is 0.404 e. The van der Waals surface area contributed by atoms with Crippen molar-refractivity contribution in [2.75, 3.05) is 0 Å².